The van der Waals surface area contributed by atoms with Crippen LogP contribution in [0.15, 0.2) is 48.5 Å². The van der Waals surface area contributed by atoms with Gasteiger partial charge >= 0.3 is 5.97 Å². The van der Waals surface area contributed by atoms with E-state index in [0.29, 0.717) is 24.6 Å². The summed E-state index contributed by atoms with van der Waals surface area (Å²) < 4.78 is 15.7. The van der Waals surface area contributed by atoms with Gasteiger partial charge in [-0.3, -0.25) is 4.79 Å². The van der Waals surface area contributed by atoms with Gasteiger partial charge in [0.15, 0.2) is 6.10 Å². The van der Waals surface area contributed by atoms with Crippen molar-refractivity contribution in [2.24, 2.45) is 0 Å². The predicted octanol–water partition coefficient (Wildman–Crippen LogP) is 3.23. The molecule has 0 fully saturated rings. The number of amides is 1. The number of hydrogen-bond donors (Lipinski definition) is 0. The number of rotatable bonds is 6. The molecular formula is C23H25NO5. The molecule has 3 rings (SSSR count). The molecule has 1 atom stereocenters. The molecule has 6 nitrogen and oxygen atoms in total. The van der Waals surface area contributed by atoms with Gasteiger partial charge in [0.2, 0.25) is 0 Å². The Morgan fingerprint density at radius 1 is 1.03 bits per heavy atom. The number of fused-ring (bicyclic) bond motifs is 1. The number of carbonyl (C=O) groups is 2. The van der Waals surface area contributed by atoms with Gasteiger partial charge in [-0.05, 0) is 48.2 Å². The first kappa shape index (κ1) is 20.5. The Labute approximate surface area is 170 Å². The van der Waals surface area contributed by atoms with Gasteiger partial charge in [-0.2, -0.15) is 0 Å². The zero-order valence-corrected chi connectivity index (χ0v) is 16.9. The van der Waals surface area contributed by atoms with Crippen molar-refractivity contribution < 1.29 is 23.8 Å². The molecule has 0 N–H and O–H groups in total. The number of nitrogens with zero attached hydrogens (tertiary/aromatic N) is 1. The standard InChI is InChI=1S/C23H25NO5/c1-16(23(26)24-11-10-18-6-4-5-7-19(18)15-24)29-22(25)9-8-17-12-20(27-2)14-21(13-17)28-3/h4-9,12-14,16H,10-11,15H2,1-3H3/b9-8+/t16-/m0/s1. The lowest BCUT2D eigenvalue weighted by atomic mass is 9.99. The van der Waals surface area contributed by atoms with Crippen molar-refractivity contribution in [3.05, 3.63) is 65.2 Å². The lowest BCUT2D eigenvalue weighted by Crippen LogP contribution is -2.42. The van der Waals surface area contributed by atoms with Crippen LogP contribution in [0.5, 0.6) is 11.5 Å². The maximum absolute atomic E-state index is 12.7. The predicted molar refractivity (Wildman–Crippen MR) is 110 cm³/mol. The molecule has 0 radical (unpaired) electrons. The average Bonchev–Trinajstić information content (AvgIpc) is 2.76. The van der Waals surface area contributed by atoms with Crippen molar-refractivity contribution >= 4 is 18.0 Å². The quantitative estimate of drug-likeness (QED) is 0.555. The average molecular weight is 395 g/mol. The third kappa shape index (κ3) is 5.16. The fourth-order valence-electron chi connectivity index (χ4n) is 3.29. The molecular weight excluding hydrogens is 370 g/mol. The molecule has 0 spiro atoms. The molecule has 1 amide bonds. The van der Waals surface area contributed by atoms with Gasteiger partial charge < -0.3 is 19.1 Å². The second-order valence-corrected chi connectivity index (χ2v) is 6.84. The SMILES string of the molecule is COc1cc(/C=C/C(=O)O[C@@H](C)C(=O)N2CCc3ccccc3C2)cc(OC)c1. The molecule has 0 saturated heterocycles. The van der Waals surface area contributed by atoms with Crippen LogP contribution in [0.3, 0.4) is 0 Å². The van der Waals surface area contributed by atoms with E-state index in [0.717, 1.165) is 17.5 Å². The van der Waals surface area contributed by atoms with Crippen molar-refractivity contribution in [2.75, 3.05) is 20.8 Å². The van der Waals surface area contributed by atoms with Crippen molar-refractivity contribution in [1.82, 2.24) is 4.90 Å². The van der Waals surface area contributed by atoms with E-state index in [4.69, 9.17) is 14.2 Å². The fourth-order valence-corrected chi connectivity index (χ4v) is 3.29. The molecule has 2 aromatic carbocycles. The molecule has 0 aliphatic carbocycles. The van der Waals surface area contributed by atoms with Gasteiger partial charge in [0, 0.05) is 25.2 Å². The van der Waals surface area contributed by atoms with Crippen LogP contribution >= 0.6 is 0 Å². The highest BCUT2D eigenvalue weighted by Crippen LogP contribution is 2.23. The third-order valence-corrected chi connectivity index (χ3v) is 4.87. The maximum atomic E-state index is 12.7. The van der Waals surface area contributed by atoms with E-state index in [9.17, 15) is 9.59 Å². The zero-order chi connectivity index (χ0) is 20.8. The minimum Gasteiger partial charge on any atom is -0.497 e. The molecule has 29 heavy (non-hydrogen) atoms. The first-order valence-electron chi connectivity index (χ1n) is 9.47. The number of carbonyl (C=O) groups excluding carboxylic acids is 2. The molecule has 0 aromatic heterocycles. The second-order valence-electron chi connectivity index (χ2n) is 6.84. The summed E-state index contributed by atoms with van der Waals surface area (Å²) in [7, 11) is 3.12. The molecule has 0 saturated carbocycles. The van der Waals surface area contributed by atoms with E-state index in [1.807, 2.05) is 18.2 Å². The van der Waals surface area contributed by atoms with Crippen molar-refractivity contribution in [1.29, 1.82) is 0 Å². The van der Waals surface area contributed by atoms with Crippen LogP contribution in [0.4, 0.5) is 0 Å². The summed E-state index contributed by atoms with van der Waals surface area (Å²) in [6.45, 7) is 2.76. The Morgan fingerprint density at radius 3 is 2.34 bits per heavy atom. The number of methoxy groups -OCH3 is 2. The van der Waals surface area contributed by atoms with Gasteiger partial charge in [-0.15, -0.1) is 0 Å². The van der Waals surface area contributed by atoms with Crippen molar-refractivity contribution in [3.8, 4) is 11.5 Å². The highest BCUT2D eigenvalue weighted by molar-refractivity contribution is 5.90. The molecule has 1 heterocycles. The van der Waals surface area contributed by atoms with Crippen molar-refractivity contribution in [3.63, 3.8) is 0 Å². The van der Waals surface area contributed by atoms with Gasteiger partial charge in [0.05, 0.1) is 14.2 Å². The first-order chi connectivity index (χ1) is 14.0. The summed E-state index contributed by atoms with van der Waals surface area (Å²) in [6.07, 6.45) is 2.85. The van der Waals surface area contributed by atoms with Crippen LogP contribution in [0.25, 0.3) is 6.08 Å². The highest BCUT2D eigenvalue weighted by atomic mass is 16.5. The normalized spacial score (nSPS) is 14.2. The Balaban J connectivity index is 1.59. The molecule has 152 valence electrons. The maximum Gasteiger partial charge on any atom is 0.331 e. The van der Waals surface area contributed by atoms with Crippen LogP contribution < -0.4 is 9.47 Å². The van der Waals surface area contributed by atoms with Crippen molar-refractivity contribution in [2.45, 2.75) is 26.0 Å². The minimum absolute atomic E-state index is 0.190. The smallest absolute Gasteiger partial charge is 0.331 e. The third-order valence-electron chi connectivity index (χ3n) is 4.87. The topological polar surface area (TPSA) is 65.1 Å². The van der Waals surface area contributed by atoms with Crippen LogP contribution in [0, 0.1) is 0 Å². The zero-order valence-electron chi connectivity index (χ0n) is 16.9. The fraction of sp³-hybridized carbons (Fsp3) is 0.304. The van der Waals surface area contributed by atoms with Gasteiger partial charge in [0.25, 0.3) is 5.91 Å². The van der Waals surface area contributed by atoms with Crippen LogP contribution in [0.1, 0.15) is 23.6 Å². The van der Waals surface area contributed by atoms with Gasteiger partial charge in [-0.25, -0.2) is 4.79 Å². The number of ether oxygens (including phenoxy) is 3. The van der Waals surface area contributed by atoms with Gasteiger partial charge in [0.1, 0.15) is 11.5 Å². The van der Waals surface area contributed by atoms with E-state index >= 15 is 0 Å². The number of esters is 1. The summed E-state index contributed by atoms with van der Waals surface area (Å²) in [5.74, 6) is 0.465. The summed E-state index contributed by atoms with van der Waals surface area (Å²) in [4.78, 5) is 26.6. The number of hydrogen-bond acceptors (Lipinski definition) is 5. The second kappa shape index (κ2) is 9.28. The molecule has 1 aliphatic rings. The van der Waals surface area contributed by atoms with E-state index < -0.39 is 12.1 Å². The molecule has 0 unspecified atom stereocenters. The largest absolute Gasteiger partial charge is 0.497 e. The monoisotopic (exact) mass is 395 g/mol. The molecule has 1 aliphatic heterocycles. The van der Waals surface area contributed by atoms with E-state index in [1.165, 1.54) is 11.6 Å². The van der Waals surface area contributed by atoms with E-state index in [2.05, 4.69) is 6.07 Å². The lowest BCUT2D eigenvalue weighted by Gasteiger charge is -2.30. The summed E-state index contributed by atoms with van der Waals surface area (Å²) >= 11 is 0. The van der Waals surface area contributed by atoms with Crippen LogP contribution in [0.2, 0.25) is 0 Å². The first-order valence-corrected chi connectivity index (χ1v) is 9.47. The Kier molecular flexibility index (Phi) is 6.54. The molecule has 2 aromatic rings. The van der Waals surface area contributed by atoms with Crippen LogP contribution in [-0.2, 0) is 27.3 Å². The van der Waals surface area contributed by atoms with E-state index in [-0.39, 0.29) is 5.91 Å². The number of benzene rings is 2. The minimum atomic E-state index is -0.850. The van der Waals surface area contributed by atoms with E-state index in [1.54, 1.807) is 50.3 Å². The lowest BCUT2D eigenvalue weighted by molar-refractivity contribution is -0.155. The summed E-state index contributed by atoms with van der Waals surface area (Å²) in [5.41, 5.74) is 3.13. The Bertz CT molecular complexity index is 899. The Morgan fingerprint density at radius 2 is 1.69 bits per heavy atom. The molecule has 0 bridgehead atoms. The van der Waals surface area contributed by atoms with Gasteiger partial charge in [-0.1, -0.05) is 24.3 Å². The molecule has 6 heteroatoms. The summed E-state index contributed by atoms with van der Waals surface area (Å²) in [5, 5.41) is 0. The summed E-state index contributed by atoms with van der Waals surface area (Å²) in [6, 6.07) is 13.4. The Hall–Kier alpha value is -3.28. The van der Waals surface area contributed by atoms with Crippen LogP contribution in [-0.4, -0.2) is 43.6 Å². The highest BCUT2D eigenvalue weighted by Gasteiger charge is 2.26.